The SMILES string of the molecule is C[C@@H](C(=O)N[C@@H](CO)Cc1ccccc1)[C@@H](O)[C@H]1COC(C)(C)N1C(=O)OC(C)(C)C. The van der Waals surface area contributed by atoms with Crippen LogP contribution in [0.4, 0.5) is 4.79 Å². The zero-order chi connectivity index (χ0) is 23.4. The molecule has 2 rings (SSSR count). The van der Waals surface area contributed by atoms with E-state index in [1.807, 2.05) is 30.3 Å². The molecule has 1 aromatic rings. The average molecular weight is 437 g/mol. The number of nitrogens with zero attached hydrogens (tertiary/aromatic N) is 1. The molecule has 8 nitrogen and oxygen atoms in total. The lowest BCUT2D eigenvalue weighted by Gasteiger charge is -2.37. The molecule has 1 saturated heterocycles. The van der Waals surface area contributed by atoms with Crippen molar-refractivity contribution in [1.29, 1.82) is 0 Å². The van der Waals surface area contributed by atoms with Crippen LogP contribution in [-0.2, 0) is 20.7 Å². The Morgan fingerprint density at radius 2 is 1.90 bits per heavy atom. The number of hydrogen-bond donors (Lipinski definition) is 3. The van der Waals surface area contributed by atoms with E-state index in [-0.39, 0.29) is 13.2 Å². The fourth-order valence-electron chi connectivity index (χ4n) is 3.63. The highest BCUT2D eigenvalue weighted by molar-refractivity contribution is 5.79. The Hall–Kier alpha value is -2.16. The second kappa shape index (κ2) is 9.97. The molecule has 1 aromatic carbocycles. The molecular weight excluding hydrogens is 400 g/mol. The maximum absolute atomic E-state index is 12.8. The van der Waals surface area contributed by atoms with E-state index in [0.29, 0.717) is 6.42 Å². The molecule has 4 atom stereocenters. The molecule has 8 heteroatoms. The number of carbonyl (C=O) groups excluding carboxylic acids is 2. The molecule has 1 aliphatic heterocycles. The minimum atomic E-state index is -1.18. The minimum Gasteiger partial charge on any atom is -0.444 e. The fourth-order valence-corrected chi connectivity index (χ4v) is 3.63. The van der Waals surface area contributed by atoms with Gasteiger partial charge in [-0.1, -0.05) is 37.3 Å². The van der Waals surface area contributed by atoms with Crippen LogP contribution in [0, 0.1) is 5.92 Å². The zero-order valence-corrected chi connectivity index (χ0v) is 19.3. The van der Waals surface area contributed by atoms with Gasteiger partial charge in [-0.3, -0.25) is 9.69 Å². The minimum absolute atomic E-state index is 0.0818. The lowest BCUT2D eigenvalue weighted by Crippen LogP contribution is -2.56. The van der Waals surface area contributed by atoms with Gasteiger partial charge in [0.05, 0.1) is 37.3 Å². The predicted molar refractivity (Wildman–Crippen MR) is 116 cm³/mol. The highest BCUT2D eigenvalue weighted by Crippen LogP contribution is 2.32. The number of amides is 2. The number of carbonyl (C=O) groups is 2. The summed E-state index contributed by atoms with van der Waals surface area (Å²) in [6.07, 6.45) is -1.32. The van der Waals surface area contributed by atoms with E-state index in [9.17, 15) is 19.8 Å². The smallest absolute Gasteiger partial charge is 0.412 e. The van der Waals surface area contributed by atoms with Crippen molar-refractivity contribution in [1.82, 2.24) is 10.2 Å². The quantitative estimate of drug-likeness (QED) is 0.604. The third-order valence-corrected chi connectivity index (χ3v) is 5.32. The molecule has 1 fully saturated rings. The van der Waals surface area contributed by atoms with Crippen molar-refractivity contribution in [2.24, 2.45) is 5.92 Å². The van der Waals surface area contributed by atoms with E-state index >= 15 is 0 Å². The molecule has 1 heterocycles. The maximum Gasteiger partial charge on any atom is 0.412 e. The van der Waals surface area contributed by atoms with E-state index in [2.05, 4.69) is 5.32 Å². The first-order chi connectivity index (χ1) is 14.4. The Morgan fingerprint density at radius 3 is 2.45 bits per heavy atom. The molecule has 0 spiro atoms. The van der Waals surface area contributed by atoms with Gasteiger partial charge in [-0.15, -0.1) is 0 Å². The van der Waals surface area contributed by atoms with Crippen LogP contribution in [0.25, 0.3) is 0 Å². The number of benzene rings is 1. The predicted octanol–water partition coefficient (Wildman–Crippen LogP) is 2.08. The molecular formula is C23H36N2O6. The summed E-state index contributed by atoms with van der Waals surface area (Å²) in [5.74, 6) is -1.24. The molecule has 174 valence electrons. The summed E-state index contributed by atoms with van der Waals surface area (Å²) >= 11 is 0. The molecule has 31 heavy (non-hydrogen) atoms. The lowest BCUT2D eigenvalue weighted by molar-refractivity contribution is -0.130. The van der Waals surface area contributed by atoms with E-state index < -0.39 is 47.4 Å². The van der Waals surface area contributed by atoms with Crippen molar-refractivity contribution in [3.05, 3.63) is 35.9 Å². The van der Waals surface area contributed by atoms with E-state index in [0.717, 1.165) is 5.56 Å². The Labute approximate surface area is 184 Å². The van der Waals surface area contributed by atoms with Crippen LogP contribution in [0.3, 0.4) is 0 Å². The molecule has 3 N–H and O–H groups in total. The summed E-state index contributed by atoms with van der Waals surface area (Å²) in [6.45, 7) is 10.2. The number of aliphatic hydroxyl groups is 2. The number of ether oxygens (including phenoxy) is 2. The van der Waals surface area contributed by atoms with Gasteiger partial charge in [0.25, 0.3) is 0 Å². The average Bonchev–Trinajstić information content (AvgIpc) is 3.00. The number of aliphatic hydroxyl groups excluding tert-OH is 2. The Bertz CT molecular complexity index is 746. The van der Waals surface area contributed by atoms with Crippen molar-refractivity contribution < 1.29 is 29.3 Å². The molecule has 0 aromatic heterocycles. The molecule has 0 saturated carbocycles. The van der Waals surface area contributed by atoms with E-state index in [1.165, 1.54) is 4.90 Å². The van der Waals surface area contributed by atoms with Crippen LogP contribution in [0.1, 0.15) is 47.1 Å². The van der Waals surface area contributed by atoms with Gasteiger partial charge >= 0.3 is 6.09 Å². The summed E-state index contributed by atoms with van der Waals surface area (Å²) in [5.41, 5.74) is -0.706. The van der Waals surface area contributed by atoms with Gasteiger partial charge in [0.15, 0.2) is 0 Å². The van der Waals surface area contributed by atoms with Gasteiger partial charge < -0.3 is 25.0 Å². The highest BCUT2D eigenvalue weighted by Gasteiger charge is 2.50. The summed E-state index contributed by atoms with van der Waals surface area (Å²) in [6, 6.07) is 8.30. The summed E-state index contributed by atoms with van der Waals surface area (Å²) in [5, 5.41) is 23.5. The molecule has 0 unspecified atom stereocenters. The second-order valence-electron chi connectivity index (χ2n) is 9.53. The maximum atomic E-state index is 12.8. The first-order valence-corrected chi connectivity index (χ1v) is 10.6. The van der Waals surface area contributed by atoms with Gasteiger partial charge in [-0.25, -0.2) is 4.79 Å². The number of nitrogens with one attached hydrogen (secondary N) is 1. The van der Waals surface area contributed by atoms with Crippen LogP contribution < -0.4 is 5.32 Å². The van der Waals surface area contributed by atoms with Crippen molar-refractivity contribution in [3.8, 4) is 0 Å². The van der Waals surface area contributed by atoms with Crippen molar-refractivity contribution in [2.45, 2.75) is 77.5 Å². The normalized spacial score (nSPS) is 21.3. The number of rotatable bonds is 7. The van der Waals surface area contributed by atoms with Crippen LogP contribution in [0.5, 0.6) is 0 Å². The Morgan fingerprint density at radius 1 is 1.29 bits per heavy atom. The van der Waals surface area contributed by atoms with E-state index in [1.54, 1.807) is 41.5 Å². The third kappa shape index (κ3) is 6.66. The Kier molecular flexibility index (Phi) is 8.08. The van der Waals surface area contributed by atoms with E-state index in [4.69, 9.17) is 9.47 Å². The van der Waals surface area contributed by atoms with Crippen LogP contribution in [0.15, 0.2) is 30.3 Å². The van der Waals surface area contributed by atoms with Crippen LogP contribution in [-0.4, -0.2) is 69.8 Å². The van der Waals surface area contributed by atoms with Crippen molar-refractivity contribution in [2.75, 3.05) is 13.2 Å². The van der Waals surface area contributed by atoms with Crippen molar-refractivity contribution in [3.63, 3.8) is 0 Å². The summed E-state index contributed by atoms with van der Waals surface area (Å²) in [4.78, 5) is 27.0. The zero-order valence-electron chi connectivity index (χ0n) is 19.3. The van der Waals surface area contributed by atoms with Gasteiger partial charge in [-0.05, 0) is 46.6 Å². The van der Waals surface area contributed by atoms with Gasteiger partial charge in [0.2, 0.25) is 5.91 Å². The van der Waals surface area contributed by atoms with Crippen LogP contribution in [0.2, 0.25) is 0 Å². The molecule has 0 bridgehead atoms. The van der Waals surface area contributed by atoms with Gasteiger partial charge in [0.1, 0.15) is 11.3 Å². The molecule has 1 aliphatic rings. The van der Waals surface area contributed by atoms with Crippen LogP contribution >= 0.6 is 0 Å². The summed E-state index contributed by atoms with van der Waals surface area (Å²) < 4.78 is 11.2. The molecule has 2 amide bonds. The lowest BCUT2D eigenvalue weighted by atomic mass is 9.95. The highest BCUT2D eigenvalue weighted by atomic mass is 16.6. The van der Waals surface area contributed by atoms with Crippen molar-refractivity contribution >= 4 is 12.0 Å². The topological polar surface area (TPSA) is 108 Å². The third-order valence-electron chi connectivity index (χ3n) is 5.32. The number of hydrogen-bond acceptors (Lipinski definition) is 6. The summed E-state index contributed by atoms with van der Waals surface area (Å²) in [7, 11) is 0. The first-order valence-electron chi connectivity index (χ1n) is 10.6. The second-order valence-corrected chi connectivity index (χ2v) is 9.53. The molecule has 0 radical (unpaired) electrons. The van der Waals surface area contributed by atoms with Gasteiger partial charge in [-0.2, -0.15) is 0 Å². The largest absolute Gasteiger partial charge is 0.444 e. The fraction of sp³-hybridized carbons (Fsp3) is 0.652. The standard InChI is InChI=1S/C23H36N2O6/c1-15(20(28)24-17(13-26)12-16-10-8-7-9-11-16)19(27)18-14-30-23(5,6)25(18)21(29)31-22(2,3)4/h7-11,15,17-19,26-27H,12-14H2,1-6H3,(H,24,28)/t15-,17-,18-,19-/m1/s1. The monoisotopic (exact) mass is 436 g/mol. The van der Waals surface area contributed by atoms with Gasteiger partial charge in [0, 0.05) is 0 Å². The Balaban J connectivity index is 2.08. The molecule has 0 aliphatic carbocycles. The first kappa shape index (κ1) is 25.1.